The van der Waals surface area contributed by atoms with E-state index in [0.717, 1.165) is 4.70 Å². The van der Waals surface area contributed by atoms with Crippen LogP contribution in [0.25, 0.3) is 10.2 Å². The molecule has 7 heteroatoms. The molecule has 0 bridgehead atoms. The maximum atomic E-state index is 11.8. The van der Waals surface area contributed by atoms with Crippen LogP contribution in [0.2, 0.25) is 5.02 Å². The zero-order chi connectivity index (χ0) is 13.6. The SMILES string of the molecule is O=C(O)C1CC(=O)N(c2nc3c(Cl)cccc3s2)C1. The molecule has 1 aromatic heterocycles. The van der Waals surface area contributed by atoms with Crippen molar-refractivity contribution in [3.8, 4) is 0 Å². The third-order valence-corrected chi connectivity index (χ3v) is 4.41. The van der Waals surface area contributed by atoms with Gasteiger partial charge in [-0.25, -0.2) is 4.98 Å². The van der Waals surface area contributed by atoms with E-state index in [0.29, 0.717) is 15.7 Å². The maximum absolute atomic E-state index is 11.8. The van der Waals surface area contributed by atoms with Gasteiger partial charge in [0.2, 0.25) is 5.91 Å². The van der Waals surface area contributed by atoms with Crippen LogP contribution in [0.5, 0.6) is 0 Å². The van der Waals surface area contributed by atoms with Gasteiger partial charge in [0.15, 0.2) is 5.13 Å². The molecule has 1 unspecified atom stereocenters. The number of fused-ring (bicyclic) bond motifs is 1. The molecule has 1 fully saturated rings. The van der Waals surface area contributed by atoms with Crippen molar-refractivity contribution in [1.29, 1.82) is 0 Å². The number of benzene rings is 1. The lowest BCUT2D eigenvalue weighted by Gasteiger charge is -2.11. The number of anilines is 1. The van der Waals surface area contributed by atoms with Gasteiger partial charge in [0.1, 0.15) is 5.52 Å². The van der Waals surface area contributed by atoms with E-state index in [9.17, 15) is 9.59 Å². The number of hydrogen-bond acceptors (Lipinski definition) is 4. The highest BCUT2D eigenvalue weighted by Gasteiger charge is 2.36. The zero-order valence-electron chi connectivity index (χ0n) is 9.67. The molecule has 5 nitrogen and oxygen atoms in total. The Bertz CT molecular complexity index is 685. The first-order valence-electron chi connectivity index (χ1n) is 5.64. The summed E-state index contributed by atoms with van der Waals surface area (Å²) in [4.78, 5) is 28.5. The number of aromatic nitrogens is 1. The van der Waals surface area contributed by atoms with Crippen LogP contribution < -0.4 is 4.90 Å². The van der Waals surface area contributed by atoms with Gasteiger partial charge in [0.05, 0.1) is 15.6 Å². The molecule has 1 aliphatic rings. The van der Waals surface area contributed by atoms with Gasteiger partial charge in [-0.05, 0) is 12.1 Å². The maximum Gasteiger partial charge on any atom is 0.308 e. The van der Waals surface area contributed by atoms with Crippen LogP contribution in [-0.2, 0) is 9.59 Å². The first-order chi connectivity index (χ1) is 9.06. The van der Waals surface area contributed by atoms with Gasteiger partial charge in [0.25, 0.3) is 0 Å². The van der Waals surface area contributed by atoms with Crippen molar-refractivity contribution < 1.29 is 14.7 Å². The standard InChI is InChI=1S/C12H9ClN2O3S/c13-7-2-1-3-8-10(7)14-12(19-8)15-5-6(11(17)18)4-9(15)16/h1-3,6H,4-5H2,(H,17,18). The van der Waals surface area contributed by atoms with Gasteiger partial charge >= 0.3 is 5.97 Å². The molecule has 98 valence electrons. The smallest absolute Gasteiger partial charge is 0.308 e. The van der Waals surface area contributed by atoms with Crippen molar-refractivity contribution in [3.63, 3.8) is 0 Å². The largest absolute Gasteiger partial charge is 0.481 e. The number of rotatable bonds is 2. The molecule has 1 aromatic carbocycles. The summed E-state index contributed by atoms with van der Waals surface area (Å²) < 4.78 is 0.883. The van der Waals surface area contributed by atoms with Crippen LogP contribution in [0.3, 0.4) is 0 Å². The van der Waals surface area contributed by atoms with Crippen LogP contribution in [0, 0.1) is 5.92 Å². The topological polar surface area (TPSA) is 70.5 Å². The Morgan fingerprint density at radius 2 is 2.32 bits per heavy atom. The molecule has 1 atom stereocenters. The monoisotopic (exact) mass is 296 g/mol. The van der Waals surface area contributed by atoms with Crippen molar-refractivity contribution in [2.75, 3.05) is 11.4 Å². The molecular weight excluding hydrogens is 288 g/mol. The zero-order valence-corrected chi connectivity index (χ0v) is 11.2. The van der Waals surface area contributed by atoms with Crippen LogP contribution in [0.15, 0.2) is 18.2 Å². The second kappa shape index (κ2) is 4.47. The number of aliphatic carboxylic acids is 1. The van der Waals surface area contributed by atoms with E-state index in [4.69, 9.17) is 16.7 Å². The number of halogens is 1. The second-order valence-electron chi connectivity index (χ2n) is 4.33. The number of carboxylic acids is 1. The Morgan fingerprint density at radius 1 is 1.53 bits per heavy atom. The number of hydrogen-bond donors (Lipinski definition) is 1. The summed E-state index contributed by atoms with van der Waals surface area (Å²) in [6, 6.07) is 5.43. The van der Waals surface area contributed by atoms with Gasteiger partial charge in [-0.2, -0.15) is 0 Å². The Balaban J connectivity index is 1.99. The van der Waals surface area contributed by atoms with Crippen molar-refractivity contribution in [2.24, 2.45) is 5.92 Å². The minimum absolute atomic E-state index is 0.0268. The number of carbonyl (C=O) groups is 2. The summed E-state index contributed by atoms with van der Waals surface area (Å²) in [5.74, 6) is -1.81. The minimum atomic E-state index is -0.949. The minimum Gasteiger partial charge on any atom is -0.481 e. The molecule has 1 aliphatic heterocycles. The molecule has 0 saturated carbocycles. The molecule has 2 heterocycles. The fourth-order valence-electron chi connectivity index (χ4n) is 2.08. The molecule has 1 saturated heterocycles. The highest BCUT2D eigenvalue weighted by Crippen LogP contribution is 2.35. The third-order valence-electron chi connectivity index (χ3n) is 3.06. The van der Waals surface area contributed by atoms with E-state index in [2.05, 4.69) is 4.98 Å². The Hall–Kier alpha value is -1.66. The van der Waals surface area contributed by atoms with Crippen molar-refractivity contribution >= 4 is 50.2 Å². The van der Waals surface area contributed by atoms with Crippen LogP contribution in [-0.4, -0.2) is 28.5 Å². The summed E-state index contributed by atoms with van der Waals surface area (Å²) in [5.41, 5.74) is 0.649. The summed E-state index contributed by atoms with van der Waals surface area (Å²) in [5, 5.41) is 10.0. The van der Waals surface area contributed by atoms with E-state index in [1.54, 1.807) is 6.07 Å². The average Bonchev–Trinajstić information content (AvgIpc) is 2.93. The first kappa shape index (κ1) is 12.4. The van der Waals surface area contributed by atoms with Gasteiger partial charge in [-0.3, -0.25) is 14.5 Å². The van der Waals surface area contributed by atoms with Crippen LogP contribution in [0.1, 0.15) is 6.42 Å². The van der Waals surface area contributed by atoms with E-state index in [-0.39, 0.29) is 18.9 Å². The lowest BCUT2D eigenvalue weighted by Crippen LogP contribution is -2.25. The highest BCUT2D eigenvalue weighted by molar-refractivity contribution is 7.22. The summed E-state index contributed by atoms with van der Waals surface area (Å²) in [6.45, 7) is 0.172. The van der Waals surface area contributed by atoms with E-state index in [1.807, 2.05) is 12.1 Å². The average molecular weight is 297 g/mol. The predicted molar refractivity (Wildman–Crippen MR) is 72.7 cm³/mol. The lowest BCUT2D eigenvalue weighted by atomic mass is 10.1. The number of carbonyl (C=O) groups excluding carboxylic acids is 1. The number of carboxylic acid groups (broad SMARTS) is 1. The Labute approximate surface area is 117 Å². The Kier molecular flexibility index (Phi) is 2.91. The Morgan fingerprint density at radius 3 is 2.95 bits per heavy atom. The third kappa shape index (κ3) is 2.06. The molecule has 19 heavy (non-hydrogen) atoms. The normalized spacial score (nSPS) is 19.3. The van der Waals surface area contributed by atoms with Crippen LogP contribution >= 0.6 is 22.9 Å². The molecule has 1 N–H and O–H groups in total. The number of thiazole rings is 1. The lowest BCUT2D eigenvalue weighted by molar-refractivity contribution is -0.141. The fraction of sp³-hybridized carbons (Fsp3) is 0.250. The number of nitrogens with zero attached hydrogens (tertiary/aromatic N) is 2. The van der Waals surface area contributed by atoms with E-state index < -0.39 is 11.9 Å². The number of para-hydroxylation sites is 1. The highest BCUT2D eigenvalue weighted by atomic mass is 35.5. The van der Waals surface area contributed by atoms with Gasteiger partial charge in [0, 0.05) is 13.0 Å². The molecule has 0 spiro atoms. The van der Waals surface area contributed by atoms with Gasteiger partial charge in [-0.15, -0.1) is 0 Å². The first-order valence-corrected chi connectivity index (χ1v) is 6.84. The van der Waals surface area contributed by atoms with E-state index in [1.165, 1.54) is 16.2 Å². The molecule has 0 radical (unpaired) electrons. The summed E-state index contributed by atoms with van der Waals surface area (Å²) >= 11 is 7.38. The van der Waals surface area contributed by atoms with Gasteiger partial charge < -0.3 is 5.11 Å². The molecule has 3 rings (SSSR count). The molecular formula is C12H9ClN2O3S. The van der Waals surface area contributed by atoms with Crippen molar-refractivity contribution in [3.05, 3.63) is 23.2 Å². The fourth-order valence-corrected chi connectivity index (χ4v) is 3.37. The summed E-state index contributed by atoms with van der Waals surface area (Å²) in [7, 11) is 0. The van der Waals surface area contributed by atoms with Crippen LogP contribution in [0.4, 0.5) is 5.13 Å². The van der Waals surface area contributed by atoms with Gasteiger partial charge in [-0.1, -0.05) is 29.0 Å². The quantitative estimate of drug-likeness (QED) is 0.924. The van der Waals surface area contributed by atoms with E-state index >= 15 is 0 Å². The van der Waals surface area contributed by atoms with Crippen molar-refractivity contribution in [2.45, 2.75) is 6.42 Å². The second-order valence-corrected chi connectivity index (χ2v) is 5.74. The molecule has 1 amide bonds. The molecule has 2 aromatic rings. The predicted octanol–water partition coefficient (Wildman–Crippen LogP) is 2.39. The van der Waals surface area contributed by atoms with Crippen molar-refractivity contribution in [1.82, 2.24) is 4.98 Å². The molecule has 0 aliphatic carbocycles. The summed E-state index contributed by atoms with van der Waals surface area (Å²) in [6.07, 6.45) is 0.0268. The number of amides is 1.